The number of nitrogens with zero attached hydrogens (tertiary/aromatic N) is 2. The molecule has 0 aliphatic carbocycles. The number of ether oxygens (including phenoxy) is 1. The molecule has 0 atom stereocenters. The zero-order chi connectivity index (χ0) is 17.4. The van der Waals surface area contributed by atoms with Gasteiger partial charge in [-0.1, -0.05) is 29.8 Å². The molecule has 1 aliphatic heterocycles. The Hall–Kier alpha value is -1.79. The number of hydrogen-bond acceptors (Lipinski definition) is 4. The van der Waals surface area contributed by atoms with Crippen molar-refractivity contribution in [2.45, 2.75) is 19.9 Å². The number of halogens is 1. The third-order valence-corrected chi connectivity index (χ3v) is 4.36. The molecule has 1 heterocycles. The SMILES string of the molecule is CCOC(=O)N1CCN(CCC(=O)NCc2ccccc2Cl)CC1. The molecule has 1 aromatic rings. The van der Waals surface area contributed by atoms with E-state index in [-0.39, 0.29) is 12.0 Å². The third kappa shape index (κ3) is 5.69. The van der Waals surface area contributed by atoms with E-state index in [2.05, 4.69) is 10.2 Å². The Kier molecular flexibility index (Phi) is 7.34. The highest BCUT2D eigenvalue weighted by molar-refractivity contribution is 6.31. The van der Waals surface area contributed by atoms with Gasteiger partial charge in [0.15, 0.2) is 0 Å². The van der Waals surface area contributed by atoms with E-state index >= 15 is 0 Å². The van der Waals surface area contributed by atoms with Gasteiger partial charge in [0.2, 0.25) is 5.91 Å². The first kappa shape index (κ1) is 18.5. The lowest BCUT2D eigenvalue weighted by atomic mass is 10.2. The Morgan fingerprint density at radius 3 is 2.58 bits per heavy atom. The Labute approximate surface area is 147 Å². The highest BCUT2D eigenvalue weighted by Gasteiger charge is 2.21. The molecule has 1 N–H and O–H groups in total. The second-order valence-electron chi connectivity index (χ2n) is 5.65. The van der Waals surface area contributed by atoms with Gasteiger partial charge in [-0.3, -0.25) is 9.69 Å². The van der Waals surface area contributed by atoms with Gasteiger partial charge in [0.05, 0.1) is 6.61 Å². The molecule has 0 bridgehead atoms. The molecule has 6 nitrogen and oxygen atoms in total. The van der Waals surface area contributed by atoms with E-state index in [0.717, 1.165) is 18.7 Å². The van der Waals surface area contributed by atoms with Gasteiger partial charge in [0.1, 0.15) is 0 Å². The van der Waals surface area contributed by atoms with Crippen LogP contribution < -0.4 is 5.32 Å². The molecule has 1 fully saturated rings. The van der Waals surface area contributed by atoms with E-state index < -0.39 is 0 Å². The first-order valence-electron chi connectivity index (χ1n) is 8.24. The zero-order valence-electron chi connectivity index (χ0n) is 14.0. The van der Waals surface area contributed by atoms with Crippen LogP contribution in [0, 0.1) is 0 Å². The van der Waals surface area contributed by atoms with Gasteiger partial charge in [0, 0.05) is 50.7 Å². The van der Waals surface area contributed by atoms with Crippen molar-refractivity contribution in [3.63, 3.8) is 0 Å². The van der Waals surface area contributed by atoms with Gasteiger partial charge in [0.25, 0.3) is 0 Å². The number of nitrogens with one attached hydrogen (secondary N) is 1. The van der Waals surface area contributed by atoms with Crippen molar-refractivity contribution in [3.8, 4) is 0 Å². The fourth-order valence-electron chi connectivity index (χ4n) is 2.55. The van der Waals surface area contributed by atoms with Crippen LogP contribution >= 0.6 is 11.6 Å². The van der Waals surface area contributed by atoms with Crippen molar-refractivity contribution in [2.75, 3.05) is 39.3 Å². The van der Waals surface area contributed by atoms with Crippen molar-refractivity contribution >= 4 is 23.6 Å². The smallest absolute Gasteiger partial charge is 0.409 e. The van der Waals surface area contributed by atoms with Crippen molar-refractivity contribution in [2.24, 2.45) is 0 Å². The number of carbonyl (C=O) groups is 2. The van der Waals surface area contributed by atoms with Gasteiger partial charge in [-0.05, 0) is 18.6 Å². The van der Waals surface area contributed by atoms with E-state index in [0.29, 0.717) is 44.2 Å². The molecule has 7 heteroatoms. The summed E-state index contributed by atoms with van der Waals surface area (Å²) in [5.41, 5.74) is 0.913. The van der Waals surface area contributed by atoms with Crippen LogP contribution in [-0.2, 0) is 16.1 Å². The molecule has 1 aromatic carbocycles. The van der Waals surface area contributed by atoms with E-state index in [1.54, 1.807) is 11.8 Å². The molecule has 0 saturated carbocycles. The lowest BCUT2D eigenvalue weighted by Gasteiger charge is -2.33. The maximum atomic E-state index is 12.0. The first-order valence-corrected chi connectivity index (χ1v) is 8.62. The Morgan fingerprint density at radius 1 is 1.21 bits per heavy atom. The van der Waals surface area contributed by atoms with Crippen LogP contribution in [-0.4, -0.2) is 61.1 Å². The molecule has 1 aliphatic rings. The van der Waals surface area contributed by atoms with Gasteiger partial charge < -0.3 is 15.0 Å². The number of amides is 2. The Bertz CT molecular complexity index is 560. The summed E-state index contributed by atoms with van der Waals surface area (Å²) >= 11 is 6.07. The lowest BCUT2D eigenvalue weighted by molar-refractivity contribution is -0.121. The largest absolute Gasteiger partial charge is 0.450 e. The second kappa shape index (κ2) is 9.49. The minimum absolute atomic E-state index is 0.00254. The molecule has 0 unspecified atom stereocenters. The molecular weight excluding hydrogens is 330 g/mol. The van der Waals surface area contributed by atoms with Crippen molar-refractivity contribution in [1.82, 2.24) is 15.1 Å². The predicted octanol–water partition coefficient (Wildman–Crippen LogP) is 2.12. The molecule has 24 heavy (non-hydrogen) atoms. The predicted molar refractivity (Wildman–Crippen MR) is 93.0 cm³/mol. The summed E-state index contributed by atoms with van der Waals surface area (Å²) in [7, 11) is 0. The molecule has 132 valence electrons. The molecular formula is C17H24ClN3O3. The average molecular weight is 354 g/mol. The van der Waals surface area contributed by atoms with Gasteiger partial charge in [-0.2, -0.15) is 0 Å². The number of carbonyl (C=O) groups excluding carboxylic acids is 2. The lowest BCUT2D eigenvalue weighted by Crippen LogP contribution is -2.49. The number of rotatable bonds is 6. The van der Waals surface area contributed by atoms with E-state index in [1.807, 2.05) is 24.3 Å². The van der Waals surface area contributed by atoms with Crippen molar-refractivity contribution in [3.05, 3.63) is 34.9 Å². The van der Waals surface area contributed by atoms with Gasteiger partial charge in [-0.25, -0.2) is 4.79 Å². The standard InChI is InChI=1S/C17H24ClN3O3/c1-2-24-17(23)21-11-9-20(10-12-21)8-7-16(22)19-13-14-5-3-4-6-15(14)18/h3-6H,2,7-13H2,1H3,(H,19,22). The maximum absolute atomic E-state index is 12.0. The number of benzene rings is 1. The Morgan fingerprint density at radius 2 is 1.92 bits per heavy atom. The van der Waals surface area contributed by atoms with E-state index in [9.17, 15) is 9.59 Å². The summed E-state index contributed by atoms with van der Waals surface area (Å²) in [4.78, 5) is 27.5. The van der Waals surface area contributed by atoms with Crippen LogP contribution in [0.3, 0.4) is 0 Å². The molecule has 1 saturated heterocycles. The summed E-state index contributed by atoms with van der Waals surface area (Å²) in [5, 5.41) is 3.55. The van der Waals surface area contributed by atoms with Crippen molar-refractivity contribution in [1.29, 1.82) is 0 Å². The van der Waals surface area contributed by atoms with Crippen LogP contribution in [0.2, 0.25) is 5.02 Å². The average Bonchev–Trinajstić information content (AvgIpc) is 2.60. The topological polar surface area (TPSA) is 61.9 Å². The zero-order valence-corrected chi connectivity index (χ0v) is 14.7. The molecule has 0 aromatic heterocycles. The van der Waals surface area contributed by atoms with Crippen LogP contribution in [0.1, 0.15) is 18.9 Å². The molecule has 0 radical (unpaired) electrons. The van der Waals surface area contributed by atoms with Crippen molar-refractivity contribution < 1.29 is 14.3 Å². The fourth-order valence-corrected chi connectivity index (χ4v) is 2.75. The fraction of sp³-hybridized carbons (Fsp3) is 0.529. The normalized spacial score (nSPS) is 15.2. The minimum atomic E-state index is -0.255. The van der Waals surface area contributed by atoms with Crippen LogP contribution in [0.25, 0.3) is 0 Å². The third-order valence-electron chi connectivity index (χ3n) is 3.99. The maximum Gasteiger partial charge on any atom is 0.409 e. The van der Waals surface area contributed by atoms with Crippen LogP contribution in [0.4, 0.5) is 4.79 Å². The molecule has 2 rings (SSSR count). The monoisotopic (exact) mass is 353 g/mol. The van der Waals surface area contributed by atoms with Crippen LogP contribution in [0.5, 0.6) is 0 Å². The van der Waals surface area contributed by atoms with E-state index in [4.69, 9.17) is 16.3 Å². The van der Waals surface area contributed by atoms with E-state index in [1.165, 1.54) is 0 Å². The summed E-state index contributed by atoms with van der Waals surface area (Å²) in [6.45, 7) is 6.12. The summed E-state index contributed by atoms with van der Waals surface area (Å²) in [6, 6.07) is 7.48. The van der Waals surface area contributed by atoms with Gasteiger partial charge >= 0.3 is 6.09 Å². The first-order chi connectivity index (χ1) is 11.6. The quantitative estimate of drug-likeness (QED) is 0.851. The highest BCUT2D eigenvalue weighted by Crippen LogP contribution is 2.14. The van der Waals surface area contributed by atoms with Gasteiger partial charge in [-0.15, -0.1) is 0 Å². The number of piperazine rings is 1. The summed E-state index contributed by atoms with van der Waals surface area (Å²) < 4.78 is 4.99. The second-order valence-corrected chi connectivity index (χ2v) is 6.05. The molecule has 0 spiro atoms. The Balaban J connectivity index is 1.64. The summed E-state index contributed by atoms with van der Waals surface area (Å²) in [6.07, 6.45) is 0.179. The van der Waals surface area contributed by atoms with Crippen LogP contribution in [0.15, 0.2) is 24.3 Å². The summed E-state index contributed by atoms with van der Waals surface area (Å²) in [5.74, 6) is 0.00254. The number of hydrogen-bond donors (Lipinski definition) is 1. The highest BCUT2D eigenvalue weighted by atomic mass is 35.5. The molecule has 2 amide bonds. The minimum Gasteiger partial charge on any atom is -0.450 e.